The lowest BCUT2D eigenvalue weighted by Crippen LogP contribution is -2.39. The van der Waals surface area contributed by atoms with Gasteiger partial charge in [0.05, 0.1) is 6.61 Å². The Bertz CT molecular complexity index is 441. The molecule has 2 heterocycles. The van der Waals surface area contributed by atoms with Gasteiger partial charge in [0.2, 0.25) is 0 Å². The number of rotatable bonds is 4. The molecule has 1 aromatic rings. The highest BCUT2D eigenvalue weighted by Gasteiger charge is 2.23. The van der Waals surface area contributed by atoms with E-state index in [-0.39, 0.29) is 0 Å². The van der Waals surface area contributed by atoms with Crippen LogP contribution in [0.25, 0.3) is 0 Å². The number of fused-ring (bicyclic) bond motifs is 1. The molecule has 2 aliphatic rings. The molecular weight excluding hydrogens is 260 g/mol. The minimum Gasteiger partial charge on any atom is -0.493 e. The summed E-state index contributed by atoms with van der Waals surface area (Å²) in [5, 5.41) is 7.53. The van der Waals surface area contributed by atoms with E-state index >= 15 is 0 Å². The van der Waals surface area contributed by atoms with Crippen molar-refractivity contribution in [2.45, 2.75) is 63.6 Å². The first kappa shape index (κ1) is 14.9. The van der Waals surface area contributed by atoms with Gasteiger partial charge in [-0.3, -0.25) is 0 Å². The fourth-order valence-corrected chi connectivity index (χ4v) is 3.66. The lowest BCUT2D eigenvalue weighted by molar-refractivity contribution is 0.240. The van der Waals surface area contributed by atoms with Gasteiger partial charge in [0.25, 0.3) is 0 Å². The summed E-state index contributed by atoms with van der Waals surface area (Å²) in [6.07, 6.45) is 7.73. The van der Waals surface area contributed by atoms with Gasteiger partial charge in [0.15, 0.2) is 0 Å². The second-order valence-corrected chi connectivity index (χ2v) is 6.53. The van der Waals surface area contributed by atoms with Gasteiger partial charge in [-0.15, -0.1) is 0 Å². The van der Waals surface area contributed by atoms with E-state index in [0.717, 1.165) is 18.8 Å². The molecule has 1 fully saturated rings. The van der Waals surface area contributed by atoms with E-state index in [0.29, 0.717) is 18.1 Å². The summed E-state index contributed by atoms with van der Waals surface area (Å²) in [5.41, 5.74) is 1.32. The molecule has 0 aromatic heterocycles. The third-order valence-electron chi connectivity index (χ3n) is 4.74. The van der Waals surface area contributed by atoms with E-state index < -0.39 is 0 Å². The molecule has 2 aliphatic heterocycles. The largest absolute Gasteiger partial charge is 0.493 e. The van der Waals surface area contributed by atoms with Gasteiger partial charge in [-0.2, -0.15) is 0 Å². The predicted octanol–water partition coefficient (Wildman–Crippen LogP) is 3.41. The van der Waals surface area contributed by atoms with E-state index in [1.807, 2.05) is 0 Å². The summed E-state index contributed by atoms with van der Waals surface area (Å²) in [5.74, 6) is 1.06. The quantitative estimate of drug-likeness (QED) is 0.891. The second-order valence-electron chi connectivity index (χ2n) is 6.53. The molecule has 3 unspecified atom stereocenters. The first-order chi connectivity index (χ1) is 10.3. The van der Waals surface area contributed by atoms with Crippen LogP contribution >= 0.6 is 0 Å². The molecule has 3 heteroatoms. The minimum absolute atomic E-state index is 0.440. The van der Waals surface area contributed by atoms with Gasteiger partial charge >= 0.3 is 0 Å². The second kappa shape index (κ2) is 7.28. The van der Waals surface area contributed by atoms with Crippen LogP contribution in [0.1, 0.15) is 57.1 Å². The Morgan fingerprint density at radius 2 is 2.14 bits per heavy atom. The van der Waals surface area contributed by atoms with Crippen molar-refractivity contribution < 1.29 is 4.74 Å². The minimum atomic E-state index is 0.440. The third kappa shape index (κ3) is 3.98. The van der Waals surface area contributed by atoms with Crippen LogP contribution in [-0.2, 0) is 0 Å². The Labute approximate surface area is 128 Å². The molecule has 0 spiro atoms. The summed E-state index contributed by atoms with van der Waals surface area (Å²) in [7, 11) is 0. The molecule has 2 N–H and O–H groups in total. The standard InChI is InChI=1S/C18H28N2O/c1-14(13-15-7-3-2-6-11-19-15)20-17-10-12-21-18-9-5-4-8-16(17)18/h4-5,8-9,14-15,17,19-20H,2-3,6-7,10-13H2,1H3. The van der Waals surface area contributed by atoms with E-state index in [2.05, 4.69) is 41.8 Å². The molecule has 3 rings (SSSR count). The van der Waals surface area contributed by atoms with Crippen molar-refractivity contribution in [1.82, 2.24) is 10.6 Å². The number of ether oxygens (including phenoxy) is 1. The summed E-state index contributed by atoms with van der Waals surface area (Å²) in [4.78, 5) is 0. The maximum atomic E-state index is 5.75. The monoisotopic (exact) mass is 288 g/mol. The van der Waals surface area contributed by atoms with Crippen LogP contribution in [-0.4, -0.2) is 25.2 Å². The smallest absolute Gasteiger partial charge is 0.124 e. The maximum absolute atomic E-state index is 5.75. The first-order valence-electron chi connectivity index (χ1n) is 8.54. The van der Waals surface area contributed by atoms with Gasteiger partial charge in [0.1, 0.15) is 5.75 Å². The van der Waals surface area contributed by atoms with E-state index in [9.17, 15) is 0 Å². The van der Waals surface area contributed by atoms with Crippen molar-refractivity contribution in [2.75, 3.05) is 13.2 Å². The lowest BCUT2D eigenvalue weighted by atomic mass is 9.97. The Morgan fingerprint density at radius 1 is 1.24 bits per heavy atom. The summed E-state index contributed by atoms with van der Waals surface area (Å²) < 4.78 is 5.75. The van der Waals surface area contributed by atoms with Crippen LogP contribution in [0.15, 0.2) is 24.3 Å². The Balaban J connectivity index is 1.56. The molecule has 0 saturated carbocycles. The maximum Gasteiger partial charge on any atom is 0.124 e. The van der Waals surface area contributed by atoms with Crippen LogP contribution in [0.5, 0.6) is 5.75 Å². The third-order valence-corrected chi connectivity index (χ3v) is 4.74. The Hall–Kier alpha value is -1.06. The number of benzene rings is 1. The SMILES string of the molecule is CC(CC1CCCCCN1)NC1CCOc2ccccc21. The van der Waals surface area contributed by atoms with Crippen molar-refractivity contribution in [1.29, 1.82) is 0 Å². The topological polar surface area (TPSA) is 33.3 Å². The molecule has 3 nitrogen and oxygen atoms in total. The normalized spacial score (nSPS) is 27.3. The highest BCUT2D eigenvalue weighted by atomic mass is 16.5. The van der Waals surface area contributed by atoms with Crippen molar-refractivity contribution >= 4 is 0 Å². The molecule has 1 aromatic carbocycles. The van der Waals surface area contributed by atoms with Gasteiger partial charge in [-0.1, -0.05) is 31.0 Å². The van der Waals surface area contributed by atoms with E-state index in [1.165, 1.54) is 44.2 Å². The van der Waals surface area contributed by atoms with Crippen LogP contribution in [0.3, 0.4) is 0 Å². The predicted molar refractivity (Wildman–Crippen MR) is 86.8 cm³/mol. The average molecular weight is 288 g/mol. The van der Waals surface area contributed by atoms with Crippen molar-refractivity contribution in [3.63, 3.8) is 0 Å². The molecular formula is C18H28N2O. The molecule has 0 aliphatic carbocycles. The zero-order chi connectivity index (χ0) is 14.5. The lowest BCUT2D eigenvalue weighted by Gasteiger charge is -2.30. The van der Waals surface area contributed by atoms with Gasteiger partial charge in [-0.05, 0) is 38.8 Å². The fourth-order valence-electron chi connectivity index (χ4n) is 3.66. The Morgan fingerprint density at radius 3 is 3.10 bits per heavy atom. The van der Waals surface area contributed by atoms with Crippen LogP contribution in [0, 0.1) is 0 Å². The number of hydrogen-bond donors (Lipinski definition) is 2. The van der Waals surface area contributed by atoms with Crippen molar-refractivity contribution in [3.05, 3.63) is 29.8 Å². The molecule has 3 atom stereocenters. The highest BCUT2D eigenvalue weighted by molar-refractivity contribution is 5.37. The number of nitrogens with one attached hydrogen (secondary N) is 2. The Kier molecular flexibility index (Phi) is 5.15. The van der Waals surface area contributed by atoms with Crippen molar-refractivity contribution in [2.24, 2.45) is 0 Å². The van der Waals surface area contributed by atoms with Crippen LogP contribution in [0.4, 0.5) is 0 Å². The fraction of sp³-hybridized carbons (Fsp3) is 0.667. The number of hydrogen-bond acceptors (Lipinski definition) is 3. The summed E-state index contributed by atoms with van der Waals surface area (Å²) in [6.45, 7) is 4.34. The van der Waals surface area contributed by atoms with Gasteiger partial charge < -0.3 is 15.4 Å². The number of para-hydroxylation sites is 1. The van der Waals surface area contributed by atoms with E-state index in [4.69, 9.17) is 4.74 Å². The molecule has 21 heavy (non-hydrogen) atoms. The van der Waals surface area contributed by atoms with Gasteiger partial charge in [0, 0.05) is 30.1 Å². The molecule has 0 bridgehead atoms. The van der Waals surface area contributed by atoms with Crippen LogP contribution < -0.4 is 15.4 Å². The average Bonchev–Trinajstić information content (AvgIpc) is 2.76. The zero-order valence-electron chi connectivity index (χ0n) is 13.1. The molecule has 1 saturated heterocycles. The van der Waals surface area contributed by atoms with Gasteiger partial charge in [-0.25, -0.2) is 0 Å². The van der Waals surface area contributed by atoms with Crippen molar-refractivity contribution in [3.8, 4) is 5.75 Å². The zero-order valence-corrected chi connectivity index (χ0v) is 13.1. The summed E-state index contributed by atoms with van der Waals surface area (Å²) >= 11 is 0. The van der Waals surface area contributed by atoms with E-state index in [1.54, 1.807) is 0 Å². The highest BCUT2D eigenvalue weighted by Crippen LogP contribution is 2.32. The molecule has 0 radical (unpaired) electrons. The molecule has 0 amide bonds. The van der Waals surface area contributed by atoms with Crippen LogP contribution in [0.2, 0.25) is 0 Å². The summed E-state index contributed by atoms with van der Waals surface area (Å²) in [6, 6.07) is 10.1. The molecule has 116 valence electrons. The first-order valence-corrected chi connectivity index (χ1v) is 8.54.